The fraction of sp³-hybridized carbons (Fsp3) is 0.571. The van der Waals surface area contributed by atoms with E-state index in [2.05, 4.69) is 0 Å². The lowest BCUT2D eigenvalue weighted by molar-refractivity contribution is 0.341. The molecule has 0 aromatic heterocycles. The van der Waals surface area contributed by atoms with Gasteiger partial charge in [-0.3, -0.25) is 0 Å². The van der Waals surface area contributed by atoms with Gasteiger partial charge in [0.25, 0.3) is 0 Å². The zero-order chi connectivity index (χ0) is 12.3. The Morgan fingerprint density at radius 2 is 2.06 bits per heavy atom. The molecule has 0 bridgehead atoms. The summed E-state index contributed by atoms with van der Waals surface area (Å²) in [5, 5.41) is 0.455. The first kappa shape index (κ1) is 12.8. The largest absolute Gasteiger partial charge is 0.330 e. The van der Waals surface area contributed by atoms with Gasteiger partial charge in [-0.1, -0.05) is 43.4 Å². The Hall–Kier alpha value is -0.600. The summed E-state index contributed by atoms with van der Waals surface area (Å²) in [5.41, 5.74) is 6.58. The van der Waals surface area contributed by atoms with Crippen LogP contribution in [-0.2, 0) is 6.42 Å². The topological polar surface area (TPSA) is 26.0 Å². The fourth-order valence-corrected chi connectivity index (χ4v) is 3.00. The average molecular weight is 256 g/mol. The van der Waals surface area contributed by atoms with Crippen LogP contribution in [0.25, 0.3) is 0 Å². The number of halogens is 2. The van der Waals surface area contributed by atoms with Gasteiger partial charge in [0.05, 0.1) is 0 Å². The maximum atomic E-state index is 13.7. The lowest BCUT2D eigenvalue weighted by Gasteiger charge is -2.22. The highest BCUT2D eigenvalue weighted by Crippen LogP contribution is 2.33. The van der Waals surface area contributed by atoms with Crippen LogP contribution in [0.1, 0.15) is 31.2 Å². The molecular formula is C14H19ClFN. The highest BCUT2D eigenvalue weighted by molar-refractivity contribution is 6.30. The molecule has 0 amide bonds. The maximum absolute atomic E-state index is 13.7. The van der Waals surface area contributed by atoms with E-state index in [9.17, 15) is 4.39 Å². The third-order valence-electron chi connectivity index (χ3n) is 3.87. The Bertz CT molecular complexity index is 374. The molecule has 1 unspecified atom stereocenters. The highest BCUT2D eigenvalue weighted by Gasteiger charge is 2.24. The molecule has 0 saturated heterocycles. The van der Waals surface area contributed by atoms with E-state index >= 15 is 0 Å². The van der Waals surface area contributed by atoms with Crippen molar-refractivity contribution in [2.45, 2.75) is 32.1 Å². The van der Waals surface area contributed by atoms with E-state index in [1.54, 1.807) is 12.1 Å². The summed E-state index contributed by atoms with van der Waals surface area (Å²) < 4.78 is 13.7. The molecule has 2 N–H and O–H groups in total. The van der Waals surface area contributed by atoms with E-state index in [-0.39, 0.29) is 5.82 Å². The minimum Gasteiger partial charge on any atom is -0.330 e. The van der Waals surface area contributed by atoms with Gasteiger partial charge in [0.2, 0.25) is 0 Å². The van der Waals surface area contributed by atoms with E-state index in [0.717, 1.165) is 12.0 Å². The lowest BCUT2D eigenvalue weighted by Crippen LogP contribution is -2.24. The molecule has 3 heteroatoms. The van der Waals surface area contributed by atoms with E-state index in [1.165, 1.54) is 31.7 Å². The average Bonchev–Trinajstić information content (AvgIpc) is 2.81. The van der Waals surface area contributed by atoms with E-state index in [0.29, 0.717) is 23.4 Å². The van der Waals surface area contributed by atoms with Crippen molar-refractivity contribution < 1.29 is 4.39 Å². The molecule has 94 valence electrons. The molecule has 0 spiro atoms. The third-order valence-corrected chi connectivity index (χ3v) is 4.10. The van der Waals surface area contributed by atoms with Gasteiger partial charge in [0, 0.05) is 5.02 Å². The van der Waals surface area contributed by atoms with Crippen LogP contribution in [0.4, 0.5) is 4.39 Å². The standard InChI is InChI=1S/C14H19ClFN/c15-13-6-5-11(14(16)8-13)7-12(9-17)10-3-1-2-4-10/h5-6,8,10,12H,1-4,7,9,17H2. The summed E-state index contributed by atoms with van der Waals surface area (Å²) in [6.07, 6.45) is 5.83. The third kappa shape index (κ3) is 3.20. The monoisotopic (exact) mass is 255 g/mol. The van der Waals surface area contributed by atoms with Crippen molar-refractivity contribution in [3.05, 3.63) is 34.6 Å². The Balaban J connectivity index is 2.06. The Morgan fingerprint density at radius 1 is 1.35 bits per heavy atom. The van der Waals surface area contributed by atoms with Gasteiger partial charge >= 0.3 is 0 Å². The molecule has 1 saturated carbocycles. The highest BCUT2D eigenvalue weighted by atomic mass is 35.5. The van der Waals surface area contributed by atoms with Crippen LogP contribution >= 0.6 is 11.6 Å². The minimum atomic E-state index is -0.200. The summed E-state index contributed by atoms with van der Waals surface area (Å²) in [5.74, 6) is 0.886. The van der Waals surface area contributed by atoms with Crippen molar-refractivity contribution in [2.75, 3.05) is 6.54 Å². The molecule has 1 atom stereocenters. The number of hydrogen-bond acceptors (Lipinski definition) is 1. The van der Waals surface area contributed by atoms with Crippen molar-refractivity contribution in [2.24, 2.45) is 17.6 Å². The first-order valence-electron chi connectivity index (χ1n) is 6.34. The molecule has 0 aliphatic heterocycles. The van der Waals surface area contributed by atoms with Crippen LogP contribution in [0.5, 0.6) is 0 Å². The van der Waals surface area contributed by atoms with Gasteiger partial charge in [0.1, 0.15) is 5.82 Å². The summed E-state index contributed by atoms with van der Waals surface area (Å²) in [4.78, 5) is 0. The van der Waals surface area contributed by atoms with Crippen molar-refractivity contribution in [1.82, 2.24) is 0 Å². The second-order valence-corrected chi connectivity index (χ2v) is 5.42. The van der Waals surface area contributed by atoms with Crippen molar-refractivity contribution in [3.63, 3.8) is 0 Å². The maximum Gasteiger partial charge on any atom is 0.127 e. The van der Waals surface area contributed by atoms with Crippen LogP contribution in [-0.4, -0.2) is 6.54 Å². The first-order chi connectivity index (χ1) is 8.20. The molecule has 1 aliphatic rings. The quantitative estimate of drug-likeness (QED) is 0.871. The summed E-state index contributed by atoms with van der Waals surface area (Å²) >= 11 is 5.75. The summed E-state index contributed by atoms with van der Waals surface area (Å²) in [6.45, 7) is 0.646. The minimum absolute atomic E-state index is 0.200. The smallest absolute Gasteiger partial charge is 0.127 e. The van der Waals surface area contributed by atoms with Gasteiger partial charge in [-0.15, -0.1) is 0 Å². The zero-order valence-corrected chi connectivity index (χ0v) is 10.7. The number of rotatable bonds is 4. The van der Waals surface area contributed by atoms with Crippen molar-refractivity contribution in [3.8, 4) is 0 Å². The van der Waals surface area contributed by atoms with Crippen molar-refractivity contribution >= 4 is 11.6 Å². The van der Waals surface area contributed by atoms with Gasteiger partial charge in [-0.2, -0.15) is 0 Å². The van der Waals surface area contributed by atoms with Crippen LogP contribution < -0.4 is 5.73 Å². The molecule has 1 aromatic rings. The normalized spacial score (nSPS) is 18.5. The molecule has 2 rings (SSSR count). The Morgan fingerprint density at radius 3 is 2.65 bits per heavy atom. The molecule has 0 heterocycles. The molecule has 17 heavy (non-hydrogen) atoms. The molecule has 1 nitrogen and oxygen atoms in total. The first-order valence-corrected chi connectivity index (χ1v) is 6.72. The van der Waals surface area contributed by atoms with E-state index in [1.807, 2.05) is 0 Å². The van der Waals surface area contributed by atoms with Crippen LogP contribution in [0.15, 0.2) is 18.2 Å². The number of benzene rings is 1. The van der Waals surface area contributed by atoms with Gasteiger partial charge in [-0.25, -0.2) is 4.39 Å². The summed E-state index contributed by atoms with van der Waals surface area (Å²) in [6, 6.07) is 4.93. The molecular weight excluding hydrogens is 237 g/mol. The van der Waals surface area contributed by atoms with E-state index < -0.39 is 0 Å². The Labute approximate surface area is 107 Å². The van der Waals surface area contributed by atoms with Crippen LogP contribution in [0, 0.1) is 17.7 Å². The molecule has 1 aliphatic carbocycles. The van der Waals surface area contributed by atoms with Gasteiger partial charge < -0.3 is 5.73 Å². The van der Waals surface area contributed by atoms with Gasteiger partial charge in [0.15, 0.2) is 0 Å². The SMILES string of the molecule is NCC(Cc1ccc(Cl)cc1F)C1CCCC1. The predicted octanol–water partition coefficient (Wildman–Crippen LogP) is 3.79. The predicted molar refractivity (Wildman–Crippen MR) is 69.6 cm³/mol. The fourth-order valence-electron chi connectivity index (χ4n) is 2.84. The van der Waals surface area contributed by atoms with Crippen LogP contribution in [0.3, 0.4) is 0 Å². The van der Waals surface area contributed by atoms with Crippen molar-refractivity contribution in [1.29, 1.82) is 0 Å². The van der Waals surface area contributed by atoms with Crippen LogP contribution in [0.2, 0.25) is 5.02 Å². The molecule has 1 fully saturated rings. The number of hydrogen-bond donors (Lipinski definition) is 1. The molecule has 1 aromatic carbocycles. The van der Waals surface area contributed by atoms with E-state index in [4.69, 9.17) is 17.3 Å². The molecule has 0 radical (unpaired) electrons. The lowest BCUT2D eigenvalue weighted by atomic mass is 9.85. The number of nitrogens with two attached hydrogens (primary N) is 1. The Kier molecular flexibility index (Phi) is 4.41. The zero-order valence-electron chi connectivity index (χ0n) is 9.96. The second kappa shape index (κ2) is 5.83. The summed E-state index contributed by atoms with van der Waals surface area (Å²) in [7, 11) is 0. The van der Waals surface area contributed by atoms with Gasteiger partial charge in [-0.05, 0) is 42.5 Å². The second-order valence-electron chi connectivity index (χ2n) is 4.98.